The molecule has 0 fully saturated rings. The normalized spacial score (nSPS) is 10.3. The van der Waals surface area contributed by atoms with Crippen molar-refractivity contribution in [2.45, 2.75) is 6.42 Å². The number of amides is 1. The monoisotopic (exact) mass is 470 g/mol. The molecule has 0 atom stereocenters. The zero-order chi connectivity index (χ0) is 21.5. The van der Waals surface area contributed by atoms with E-state index in [1.54, 1.807) is 18.2 Å². The molecule has 0 heterocycles. The predicted octanol–water partition coefficient (Wildman–Crippen LogP) is 5.24. The van der Waals surface area contributed by atoms with Crippen molar-refractivity contribution in [1.29, 1.82) is 0 Å². The minimum Gasteiger partial charge on any atom is -0.494 e. The van der Waals surface area contributed by atoms with E-state index in [2.05, 4.69) is 21.2 Å². The lowest BCUT2D eigenvalue weighted by Crippen LogP contribution is -2.15. The molecular formula is C22H19BrN2O5. The number of rotatable bonds is 8. The Hall–Kier alpha value is -3.39. The summed E-state index contributed by atoms with van der Waals surface area (Å²) < 4.78 is 11.8. The molecule has 154 valence electrons. The third-order valence-electron chi connectivity index (χ3n) is 4.32. The molecule has 3 rings (SSSR count). The van der Waals surface area contributed by atoms with Crippen LogP contribution in [0, 0.1) is 10.1 Å². The van der Waals surface area contributed by atoms with E-state index in [-0.39, 0.29) is 11.4 Å². The van der Waals surface area contributed by atoms with Crippen LogP contribution in [-0.4, -0.2) is 24.5 Å². The molecule has 0 aliphatic rings. The van der Waals surface area contributed by atoms with Crippen molar-refractivity contribution in [3.05, 3.63) is 92.4 Å². The molecule has 3 aromatic carbocycles. The van der Waals surface area contributed by atoms with Crippen LogP contribution in [0.2, 0.25) is 0 Å². The molecule has 30 heavy (non-hydrogen) atoms. The third kappa shape index (κ3) is 5.36. The Kier molecular flexibility index (Phi) is 7.03. The fourth-order valence-electron chi connectivity index (χ4n) is 2.82. The van der Waals surface area contributed by atoms with E-state index in [1.165, 1.54) is 25.3 Å². The molecule has 0 bridgehead atoms. The Morgan fingerprint density at radius 2 is 1.83 bits per heavy atom. The Morgan fingerprint density at radius 3 is 2.53 bits per heavy atom. The van der Waals surface area contributed by atoms with Crippen molar-refractivity contribution in [2.75, 3.05) is 19.0 Å². The molecule has 0 aliphatic heterocycles. The first-order chi connectivity index (χ1) is 14.5. The quantitative estimate of drug-likeness (QED) is 0.359. The van der Waals surface area contributed by atoms with Gasteiger partial charge in [-0.05, 0) is 29.8 Å². The molecule has 0 unspecified atom stereocenters. The number of ether oxygens (including phenoxy) is 2. The van der Waals surface area contributed by atoms with Gasteiger partial charge in [-0.3, -0.25) is 14.9 Å². The highest BCUT2D eigenvalue weighted by atomic mass is 79.9. The highest BCUT2D eigenvalue weighted by Gasteiger charge is 2.17. The van der Waals surface area contributed by atoms with Crippen LogP contribution < -0.4 is 14.8 Å². The number of hydrogen-bond acceptors (Lipinski definition) is 5. The maximum absolute atomic E-state index is 12.9. The van der Waals surface area contributed by atoms with Gasteiger partial charge < -0.3 is 14.8 Å². The lowest BCUT2D eigenvalue weighted by molar-refractivity contribution is -0.384. The van der Waals surface area contributed by atoms with Gasteiger partial charge in [-0.15, -0.1) is 0 Å². The minimum absolute atomic E-state index is 0.128. The van der Waals surface area contributed by atoms with Crippen molar-refractivity contribution >= 4 is 33.2 Å². The summed E-state index contributed by atoms with van der Waals surface area (Å²) in [5.41, 5.74) is 1.66. The number of hydrogen-bond donors (Lipinski definition) is 1. The number of halogens is 1. The second-order valence-electron chi connectivity index (χ2n) is 6.32. The number of carbonyl (C=O) groups is 1. The van der Waals surface area contributed by atoms with E-state index < -0.39 is 10.8 Å². The van der Waals surface area contributed by atoms with Gasteiger partial charge in [0.05, 0.1) is 36.0 Å². The molecular weight excluding hydrogens is 452 g/mol. The van der Waals surface area contributed by atoms with Crippen LogP contribution in [0.25, 0.3) is 0 Å². The Labute approximate surface area is 181 Å². The number of nitrogens with one attached hydrogen (secondary N) is 1. The maximum atomic E-state index is 12.9. The summed E-state index contributed by atoms with van der Waals surface area (Å²) in [5.74, 6) is 0.213. The first-order valence-corrected chi connectivity index (χ1v) is 9.87. The molecule has 0 aromatic heterocycles. The van der Waals surface area contributed by atoms with Gasteiger partial charge in [0.25, 0.3) is 11.6 Å². The molecule has 1 N–H and O–H groups in total. The summed E-state index contributed by atoms with van der Waals surface area (Å²) in [6, 6.07) is 19.1. The lowest BCUT2D eigenvalue weighted by Gasteiger charge is -2.14. The van der Waals surface area contributed by atoms with Crippen molar-refractivity contribution in [2.24, 2.45) is 0 Å². The summed E-state index contributed by atoms with van der Waals surface area (Å²) in [5, 5.41) is 13.7. The zero-order valence-corrected chi connectivity index (χ0v) is 17.7. The van der Waals surface area contributed by atoms with Crippen LogP contribution in [0.5, 0.6) is 11.5 Å². The van der Waals surface area contributed by atoms with Crippen molar-refractivity contribution < 1.29 is 19.2 Å². The number of nitro groups is 1. The summed E-state index contributed by atoms with van der Waals surface area (Å²) in [6.45, 7) is 0.410. The van der Waals surface area contributed by atoms with Gasteiger partial charge in [-0.25, -0.2) is 0 Å². The Balaban J connectivity index is 1.77. The fraction of sp³-hybridized carbons (Fsp3) is 0.136. The minimum atomic E-state index is -0.527. The standard InChI is InChI=1S/C22H19BrN2O5/c1-29-21-14-17(25(27)28)8-9-19(21)24-22(26)18-13-16(23)7-10-20(18)30-12-11-15-5-3-2-4-6-15/h2-10,13-14H,11-12H2,1H3,(H,24,26). The van der Waals surface area contributed by atoms with Gasteiger partial charge in [0.15, 0.2) is 0 Å². The molecule has 3 aromatic rings. The zero-order valence-electron chi connectivity index (χ0n) is 16.1. The third-order valence-corrected chi connectivity index (χ3v) is 4.81. The Bertz CT molecular complexity index is 1060. The molecule has 1 amide bonds. The molecule has 0 spiro atoms. The second-order valence-corrected chi connectivity index (χ2v) is 7.24. The number of non-ortho nitro benzene ring substituents is 1. The smallest absolute Gasteiger partial charge is 0.273 e. The van der Waals surface area contributed by atoms with Crippen molar-refractivity contribution in [3.8, 4) is 11.5 Å². The van der Waals surface area contributed by atoms with Crippen LogP contribution in [0.4, 0.5) is 11.4 Å². The van der Waals surface area contributed by atoms with E-state index in [0.717, 1.165) is 10.0 Å². The number of nitrogens with zero attached hydrogens (tertiary/aromatic N) is 1. The first-order valence-electron chi connectivity index (χ1n) is 9.08. The van der Waals surface area contributed by atoms with E-state index in [1.807, 2.05) is 30.3 Å². The van der Waals surface area contributed by atoms with E-state index in [0.29, 0.717) is 30.0 Å². The van der Waals surface area contributed by atoms with Gasteiger partial charge in [0, 0.05) is 17.0 Å². The van der Waals surface area contributed by atoms with Crippen molar-refractivity contribution in [1.82, 2.24) is 0 Å². The average Bonchev–Trinajstić information content (AvgIpc) is 2.75. The first kappa shape index (κ1) is 21.3. The maximum Gasteiger partial charge on any atom is 0.273 e. The van der Waals surface area contributed by atoms with Crippen LogP contribution in [0.15, 0.2) is 71.2 Å². The predicted molar refractivity (Wildman–Crippen MR) is 117 cm³/mol. The SMILES string of the molecule is COc1cc([N+](=O)[O-])ccc1NC(=O)c1cc(Br)ccc1OCCc1ccccc1. The number of anilines is 1. The second kappa shape index (κ2) is 9.89. The van der Waals surface area contributed by atoms with Crippen LogP contribution in [-0.2, 0) is 6.42 Å². The highest BCUT2D eigenvalue weighted by molar-refractivity contribution is 9.10. The molecule has 0 saturated carbocycles. The molecule has 0 saturated heterocycles. The number of nitro benzene ring substituents is 1. The van der Waals surface area contributed by atoms with Gasteiger partial charge in [-0.2, -0.15) is 0 Å². The van der Waals surface area contributed by atoms with Gasteiger partial charge in [-0.1, -0.05) is 46.3 Å². The fourth-order valence-corrected chi connectivity index (χ4v) is 3.18. The number of carbonyl (C=O) groups excluding carboxylic acids is 1. The lowest BCUT2D eigenvalue weighted by atomic mass is 10.1. The van der Waals surface area contributed by atoms with E-state index >= 15 is 0 Å². The Morgan fingerprint density at radius 1 is 1.07 bits per heavy atom. The van der Waals surface area contributed by atoms with E-state index in [4.69, 9.17) is 9.47 Å². The van der Waals surface area contributed by atoms with Gasteiger partial charge >= 0.3 is 0 Å². The van der Waals surface area contributed by atoms with Crippen LogP contribution in [0.1, 0.15) is 15.9 Å². The molecule has 0 radical (unpaired) electrons. The van der Waals surface area contributed by atoms with Crippen molar-refractivity contribution in [3.63, 3.8) is 0 Å². The summed E-state index contributed by atoms with van der Waals surface area (Å²) in [6.07, 6.45) is 0.703. The molecule has 0 aliphatic carbocycles. The molecule has 7 nitrogen and oxygen atoms in total. The number of benzene rings is 3. The molecule has 8 heteroatoms. The van der Waals surface area contributed by atoms with Gasteiger partial charge in [0.2, 0.25) is 0 Å². The van der Waals surface area contributed by atoms with Gasteiger partial charge in [0.1, 0.15) is 11.5 Å². The van der Waals surface area contributed by atoms with E-state index in [9.17, 15) is 14.9 Å². The largest absolute Gasteiger partial charge is 0.494 e. The highest BCUT2D eigenvalue weighted by Crippen LogP contribution is 2.31. The van der Waals surface area contributed by atoms with Crippen LogP contribution >= 0.6 is 15.9 Å². The number of methoxy groups -OCH3 is 1. The summed E-state index contributed by atoms with van der Waals surface area (Å²) in [4.78, 5) is 23.3. The summed E-state index contributed by atoms with van der Waals surface area (Å²) in [7, 11) is 1.38. The topological polar surface area (TPSA) is 90.7 Å². The van der Waals surface area contributed by atoms with Crippen LogP contribution in [0.3, 0.4) is 0 Å². The average molecular weight is 471 g/mol. The summed E-state index contributed by atoms with van der Waals surface area (Å²) >= 11 is 3.37.